The summed E-state index contributed by atoms with van der Waals surface area (Å²) >= 11 is 6.22. The van der Waals surface area contributed by atoms with Gasteiger partial charge in [-0.05, 0) is 56.4 Å². The number of anilines is 2. The molecule has 0 saturated carbocycles. The van der Waals surface area contributed by atoms with E-state index in [1.807, 2.05) is 12.1 Å². The van der Waals surface area contributed by atoms with Crippen LogP contribution in [-0.4, -0.2) is 52.2 Å². The molecule has 4 rings (SSSR count). The van der Waals surface area contributed by atoms with Crippen molar-refractivity contribution in [2.45, 2.75) is 19.7 Å². The van der Waals surface area contributed by atoms with Crippen LogP contribution < -0.4 is 15.4 Å². The van der Waals surface area contributed by atoms with Gasteiger partial charge in [-0.15, -0.1) is 0 Å². The first-order valence-corrected chi connectivity index (χ1v) is 10.4. The minimum absolute atomic E-state index is 0.275. The highest BCUT2D eigenvalue weighted by Crippen LogP contribution is 2.32. The second-order valence-corrected chi connectivity index (χ2v) is 8.01. The van der Waals surface area contributed by atoms with Gasteiger partial charge in [-0.25, -0.2) is 9.50 Å². The van der Waals surface area contributed by atoms with E-state index >= 15 is 0 Å². The van der Waals surface area contributed by atoms with Gasteiger partial charge in [0.2, 0.25) is 0 Å². The first kappa shape index (κ1) is 20.6. The molecule has 10 heteroatoms. The highest BCUT2D eigenvalue weighted by molar-refractivity contribution is 6.45. The van der Waals surface area contributed by atoms with Crippen molar-refractivity contribution in [1.29, 1.82) is 0 Å². The summed E-state index contributed by atoms with van der Waals surface area (Å²) in [7, 11) is -0.490. The average molecular weight is 427 g/mol. The molecule has 1 fully saturated rings. The van der Waals surface area contributed by atoms with E-state index in [2.05, 4.69) is 25.5 Å². The van der Waals surface area contributed by atoms with E-state index in [1.54, 1.807) is 35.9 Å². The van der Waals surface area contributed by atoms with Crippen LogP contribution in [0.25, 0.3) is 5.65 Å². The van der Waals surface area contributed by atoms with Gasteiger partial charge in [-0.2, -0.15) is 5.10 Å². The maximum absolute atomic E-state index is 12.9. The zero-order valence-corrected chi connectivity index (χ0v) is 17.5. The predicted molar refractivity (Wildman–Crippen MR) is 119 cm³/mol. The molecular formula is C20H24BClN6O2. The summed E-state index contributed by atoms with van der Waals surface area (Å²) < 4.78 is 1.57. The summed E-state index contributed by atoms with van der Waals surface area (Å²) in [6, 6.07) is 7.32. The van der Waals surface area contributed by atoms with Gasteiger partial charge in [0.05, 0.1) is 17.6 Å². The van der Waals surface area contributed by atoms with Crippen molar-refractivity contribution in [1.82, 2.24) is 19.8 Å². The fraction of sp³-hybridized carbons (Fsp3) is 0.350. The molecule has 30 heavy (non-hydrogen) atoms. The molecule has 1 saturated heterocycles. The minimum Gasteiger partial charge on any atom is -0.437 e. The lowest BCUT2D eigenvalue weighted by Crippen LogP contribution is -2.41. The van der Waals surface area contributed by atoms with Crippen LogP contribution >= 0.6 is 11.6 Å². The fourth-order valence-corrected chi connectivity index (χ4v) is 3.95. The van der Waals surface area contributed by atoms with Gasteiger partial charge in [0.1, 0.15) is 5.56 Å². The molecular weight excluding hydrogens is 403 g/mol. The number of hydrogen-bond acceptors (Lipinski definition) is 6. The molecule has 0 radical (unpaired) electrons. The van der Waals surface area contributed by atoms with E-state index in [0.29, 0.717) is 27.8 Å². The normalized spacial score (nSPS) is 14.8. The number of rotatable bonds is 6. The van der Waals surface area contributed by atoms with Crippen LogP contribution in [0.1, 0.15) is 23.2 Å². The summed E-state index contributed by atoms with van der Waals surface area (Å²) in [4.78, 5) is 19.5. The van der Waals surface area contributed by atoms with Gasteiger partial charge in [0.15, 0.2) is 5.65 Å². The monoisotopic (exact) mass is 426 g/mol. The number of nitrogens with zero attached hydrogens (tertiary/aromatic N) is 4. The van der Waals surface area contributed by atoms with Gasteiger partial charge in [0.25, 0.3) is 5.91 Å². The molecule has 3 aromatic rings. The summed E-state index contributed by atoms with van der Waals surface area (Å²) in [5.74, 6) is 0.245. The van der Waals surface area contributed by atoms with E-state index < -0.39 is 7.05 Å². The zero-order chi connectivity index (χ0) is 21.1. The Labute approximate surface area is 180 Å². The SMILES string of the molecule is CB(O)NCC1CCN(c2ccc(Cl)cc2NC(=O)c2cnn3cccnc23)CC1. The van der Waals surface area contributed by atoms with Crippen molar-refractivity contribution < 1.29 is 9.82 Å². The number of aromatic nitrogens is 3. The van der Waals surface area contributed by atoms with Crippen LogP contribution in [0.15, 0.2) is 42.9 Å². The van der Waals surface area contributed by atoms with E-state index in [9.17, 15) is 9.82 Å². The lowest BCUT2D eigenvalue weighted by atomic mass is 9.86. The van der Waals surface area contributed by atoms with Crippen LogP contribution in [0.4, 0.5) is 11.4 Å². The van der Waals surface area contributed by atoms with E-state index in [1.165, 1.54) is 6.20 Å². The first-order valence-electron chi connectivity index (χ1n) is 10.1. The number of fused-ring (bicyclic) bond motifs is 1. The van der Waals surface area contributed by atoms with Gasteiger partial charge in [-0.1, -0.05) is 11.6 Å². The molecule has 8 nitrogen and oxygen atoms in total. The van der Waals surface area contributed by atoms with Crippen LogP contribution in [0.3, 0.4) is 0 Å². The number of carbonyl (C=O) groups excluding carboxylic acids is 1. The highest BCUT2D eigenvalue weighted by atomic mass is 35.5. The van der Waals surface area contributed by atoms with Crippen molar-refractivity contribution in [3.8, 4) is 0 Å². The fourth-order valence-electron chi connectivity index (χ4n) is 3.78. The molecule has 3 heterocycles. The van der Waals surface area contributed by atoms with Gasteiger partial charge in [-0.3, -0.25) is 4.79 Å². The molecule has 0 atom stereocenters. The molecule has 1 aliphatic heterocycles. The lowest BCUT2D eigenvalue weighted by molar-refractivity contribution is 0.102. The van der Waals surface area contributed by atoms with Crippen molar-refractivity contribution in [2.75, 3.05) is 29.9 Å². The Morgan fingerprint density at radius 1 is 1.37 bits per heavy atom. The van der Waals surface area contributed by atoms with E-state index in [-0.39, 0.29) is 5.91 Å². The van der Waals surface area contributed by atoms with Crippen molar-refractivity contribution in [3.63, 3.8) is 0 Å². The standard InChI is InChI=1S/C20H24BClN6O2/c1-21(30)24-12-14-5-9-27(10-6-14)18-4-3-15(22)11-17(18)26-20(29)16-13-25-28-8-2-7-23-19(16)28/h2-4,7-8,11,13-14,24,30H,5-6,9-10,12H2,1H3,(H,26,29). The second-order valence-electron chi connectivity index (χ2n) is 7.58. The van der Waals surface area contributed by atoms with Crippen LogP contribution in [-0.2, 0) is 0 Å². The number of benzene rings is 1. The third-order valence-corrected chi connectivity index (χ3v) is 5.62. The molecule has 0 aliphatic carbocycles. The van der Waals surface area contributed by atoms with Crippen molar-refractivity contribution in [2.24, 2.45) is 5.92 Å². The lowest BCUT2D eigenvalue weighted by Gasteiger charge is -2.35. The largest absolute Gasteiger partial charge is 0.437 e. The van der Waals surface area contributed by atoms with Gasteiger partial charge in [0, 0.05) is 30.5 Å². The molecule has 1 aliphatic rings. The molecule has 3 N–H and O–H groups in total. The Hall–Kier alpha value is -2.62. The third-order valence-electron chi connectivity index (χ3n) is 5.39. The summed E-state index contributed by atoms with van der Waals surface area (Å²) in [5, 5.41) is 20.2. The molecule has 0 spiro atoms. The average Bonchev–Trinajstić information content (AvgIpc) is 3.17. The van der Waals surface area contributed by atoms with Crippen molar-refractivity contribution in [3.05, 3.63) is 53.4 Å². The molecule has 0 bridgehead atoms. The minimum atomic E-state index is -0.490. The number of piperidine rings is 1. The zero-order valence-electron chi connectivity index (χ0n) is 16.8. The number of nitrogens with one attached hydrogen (secondary N) is 2. The smallest absolute Gasteiger partial charge is 0.373 e. The maximum Gasteiger partial charge on any atom is 0.373 e. The third kappa shape index (κ3) is 4.58. The quantitative estimate of drug-likeness (QED) is 0.524. The second kappa shape index (κ2) is 9.03. The maximum atomic E-state index is 12.9. The Morgan fingerprint density at radius 2 is 2.17 bits per heavy atom. The molecule has 2 aromatic heterocycles. The molecule has 0 unspecified atom stereocenters. The van der Waals surface area contributed by atoms with Crippen LogP contribution in [0.2, 0.25) is 11.8 Å². The Balaban J connectivity index is 1.49. The first-order chi connectivity index (χ1) is 14.5. The summed E-state index contributed by atoms with van der Waals surface area (Å²) in [6.07, 6.45) is 6.92. The Bertz CT molecular complexity index is 1040. The van der Waals surface area contributed by atoms with Crippen LogP contribution in [0, 0.1) is 5.92 Å². The molecule has 156 valence electrons. The Morgan fingerprint density at radius 3 is 2.93 bits per heavy atom. The van der Waals surface area contributed by atoms with Gasteiger partial charge < -0.3 is 20.5 Å². The van der Waals surface area contributed by atoms with E-state index in [0.717, 1.165) is 38.2 Å². The number of hydrogen-bond donors (Lipinski definition) is 3. The molecule has 1 amide bonds. The van der Waals surface area contributed by atoms with Crippen molar-refractivity contribution >= 4 is 41.6 Å². The van der Waals surface area contributed by atoms with E-state index in [4.69, 9.17) is 11.6 Å². The summed E-state index contributed by atoms with van der Waals surface area (Å²) in [6.45, 7) is 4.28. The van der Waals surface area contributed by atoms with Crippen LogP contribution in [0.5, 0.6) is 0 Å². The molecule has 1 aromatic carbocycles. The number of carbonyl (C=O) groups is 1. The summed E-state index contributed by atoms with van der Waals surface area (Å²) in [5.41, 5.74) is 2.52. The number of halogens is 1. The predicted octanol–water partition coefficient (Wildman–Crippen LogP) is 2.55. The topological polar surface area (TPSA) is 94.8 Å². The van der Waals surface area contributed by atoms with Gasteiger partial charge >= 0.3 is 7.05 Å². The number of amides is 1. The Kier molecular flexibility index (Phi) is 6.22. The highest BCUT2D eigenvalue weighted by Gasteiger charge is 2.23.